The molecule has 0 bridgehead atoms. The van der Waals surface area contributed by atoms with Gasteiger partial charge in [-0.15, -0.1) is 0 Å². The minimum Gasteiger partial charge on any atom is -0.481 e. The molecule has 0 spiro atoms. The number of benzene rings is 1. The Morgan fingerprint density at radius 2 is 2.05 bits per heavy atom. The third kappa shape index (κ3) is 4.17. The number of rotatable bonds is 6. The maximum absolute atomic E-state index is 12.0. The van der Waals surface area contributed by atoms with Gasteiger partial charge in [-0.3, -0.25) is 14.3 Å². The smallest absolute Gasteiger partial charge is 0.307 e. The Hall–Kier alpha value is -2.63. The molecule has 0 radical (unpaired) electrons. The first-order valence-corrected chi connectivity index (χ1v) is 6.62. The molecule has 0 atom stereocenters. The van der Waals surface area contributed by atoms with E-state index < -0.39 is 5.97 Å². The summed E-state index contributed by atoms with van der Waals surface area (Å²) < 4.78 is 1.73. The molecule has 0 aliphatic heterocycles. The van der Waals surface area contributed by atoms with Crippen molar-refractivity contribution in [2.75, 3.05) is 5.32 Å². The number of aliphatic carboxylic acids is 1. The molecule has 1 aromatic carbocycles. The van der Waals surface area contributed by atoms with Crippen molar-refractivity contribution in [1.82, 2.24) is 9.78 Å². The van der Waals surface area contributed by atoms with Crippen molar-refractivity contribution in [1.29, 1.82) is 0 Å². The highest BCUT2D eigenvalue weighted by molar-refractivity contribution is 5.92. The first-order chi connectivity index (χ1) is 10.1. The number of para-hydroxylation sites is 1. The lowest BCUT2D eigenvalue weighted by molar-refractivity contribution is -0.136. The maximum Gasteiger partial charge on any atom is 0.307 e. The Bertz CT molecular complexity index is 649. The number of carboxylic acid groups (broad SMARTS) is 1. The highest BCUT2D eigenvalue weighted by Gasteiger charge is 2.10. The van der Waals surface area contributed by atoms with Crippen molar-refractivity contribution in [3.05, 3.63) is 47.8 Å². The minimum atomic E-state index is -0.924. The van der Waals surface area contributed by atoms with Gasteiger partial charge < -0.3 is 10.4 Å². The van der Waals surface area contributed by atoms with E-state index in [4.69, 9.17) is 5.11 Å². The highest BCUT2D eigenvalue weighted by Crippen LogP contribution is 2.16. The average Bonchev–Trinajstić information content (AvgIpc) is 2.84. The molecular formula is C15H17N3O3. The monoisotopic (exact) mass is 287 g/mol. The lowest BCUT2D eigenvalue weighted by atomic mass is 10.1. The zero-order valence-electron chi connectivity index (χ0n) is 11.7. The normalized spacial score (nSPS) is 10.3. The van der Waals surface area contributed by atoms with Crippen molar-refractivity contribution in [3.8, 4) is 0 Å². The van der Waals surface area contributed by atoms with Crippen LogP contribution < -0.4 is 5.32 Å². The Labute approximate surface area is 122 Å². The van der Waals surface area contributed by atoms with Gasteiger partial charge in [-0.1, -0.05) is 18.2 Å². The summed E-state index contributed by atoms with van der Waals surface area (Å²) in [5.74, 6) is -1.07. The van der Waals surface area contributed by atoms with Gasteiger partial charge in [-0.25, -0.2) is 0 Å². The number of amides is 1. The van der Waals surface area contributed by atoms with Crippen LogP contribution in [0.25, 0.3) is 0 Å². The van der Waals surface area contributed by atoms with E-state index in [2.05, 4.69) is 10.4 Å². The van der Waals surface area contributed by atoms with E-state index >= 15 is 0 Å². The van der Waals surface area contributed by atoms with Crippen LogP contribution in [-0.2, 0) is 29.5 Å². The molecule has 21 heavy (non-hydrogen) atoms. The van der Waals surface area contributed by atoms with E-state index in [0.717, 1.165) is 5.69 Å². The quantitative estimate of drug-likeness (QED) is 0.845. The van der Waals surface area contributed by atoms with Gasteiger partial charge in [-0.2, -0.15) is 5.10 Å². The molecule has 1 amide bonds. The molecule has 0 unspecified atom stereocenters. The largest absolute Gasteiger partial charge is 0.481 e. The number of nitrogens with one attached hydrogen (secondary N) is 1. The summed E-state index contributed by atoms with van der Waals surface area (Å²) in [5, 5.41) is 15.7. The number of hydrogen-bond acceptors (Lipinski definition) is 3. The topological polar surface area (TPSA) is 84.2 Å². The third-order valence-electron chi connectivity index (χ3n) is 3.16. The summed E-state index contributed by atoms with van der Waals surface area (Å²) in [5.41, 5.74) is 2.12. The zero-order chi connectivity index (χ0) is 15.2. The Balaban J connectivity index is 1.96. The fraction of sp³-hybridized carbons (Fsp3) is 0.267. The van der Waals surface area contributed by atoms with Crippen molar-refractivity contribution in [2.24, 2.45) is 7.05 Å². The first-order valence-electron chi connectivity index (χ1n) is 6.62. The molecule has 2 rings (SSSR count). The van der Waals surface area contributed by atoms with E-state index in [1.54, 1.807) is 35.1 Å². The Morgan fingerprint density at radius 1 is 1.29 bits per heavy atom. The van der Waals surface area contributed by atoms with Crippen LogP contribution in [0.3, 0.4) is 0 Å². The van der Waals surface area contributed by atoms with E-state index in [0.29, 0.717) is 24.1 Å². The van der Waals surface area contributed by atoms with Crippen LogP contribution in [0.15, 0.2) is 36.5 Å². The van der Waals surface area contributed by atoms with Gasteiger partial charge in [0.15, 0.2) is 0 Å². The van der Waals surface area contributed by atoms with Crippen LogP contribution >= 0.6 is 0 Å². The lowest BCUT2D eigenvalue weighted by Crippen LogP contribution is -2.15. The number of carbonyl (C=O) groups excluding carboxylic acids is 1. The summed E-state index contributed by atoms with van der Waals surface area (Å²) in [6.07, 6.45) is 2.48. The van der Waals surface area contributed by atoms with Crippen LogP contribution in [0, 0.1) is 0 Å². The molecule has 0 saturated heterocycles. The predicted molar refractivity (Wildman–Crippen MR) is 77.9 cm³/mol. The van der Waals surface area contributed by atoms with Gasteiger partial charge >= 0.3 is 5.97 Å². The molecule has 1 aromatic heterocycles. The Kier molecular flexibility index (Phi) is 4.71. The number of aryl methyl sites for hydroxylation is 2. The molecule has 2 N–H and O–H groups in total. The van der Waals surface area contributed by atoms with Gasteiger partial charge in [0.2, 0.25) is 5.91 Å². The summed E-state index contributed by atoms with van der Waals surface area (Å²) >= 11 is 0. The van der Waals surface area contributed by atoms with Gasteiger partial charge in [-0.05, 0) is 24.1 Å². The van der Waals surface area contributed by atoms with Crippen LogP contribution in [-0.4, -0.2) is 26.8 Å². The van der Waals surface area contributed by atoms with Crippen LogP contribution in [0.5, 0.6) is 0 Å². The molecule has 0 aliphatic rings. The van der Waals surface area contributed by atoms with Crippen LogP contribution in [0.1, 0.15) is 17.7 Å². The molecule has 0 aliphatic carbocycles. The molecule has 0 saturated carbocycles. The van der Waals surface area contributed by atoms with Crippen LogP contribution in [0.4, 0.5) is 5.69 Å². The molecule has 2 aromatic rings. The second-order valence-corrected chi connectivity index (χ2v) is 4.72. The Morgan fingerprint density at radius 3 is 2.71 bits per heavy atom. The second kappa shape index (κ2) is 6.69. The molecule has 1 heterocycles. The molecule has 0 fully saturated rings. The van der Waals surface area contributed by atoms with Crippen molar-refractivity contribution >= 4 is 17.6 Å². The second-order valence-electron chi connectivity index (χ2n) is 4.72. The highest BCUT2D eigenvalue weighted by atomic mass is 16.4. The molecule has 6 heteroatoms. The molecule has 110 valence electrons. The third-order valence-corrected chi connectivity index (χ3v) is 3.16. The van der Waals surface area contributed by atoms with Gasteiger partial charge in [0.05, 0.1) is 6.42 Å². The summed E-state index contributed by atoms with van der Waals surface area (Å²) in [6, 6.07) is 8.79. The summed E-state index contributed by atoms with van der Waals surface area (Å²) in [4.78, 5) is 22.8. The maximum atomic E-state index is 12.0. The molecular weight excluding hydrogens is 270 g/mol. The van der Waals surface area contributed by atoms with Gasteiger partial charge in [0, 0.05) is 31.0 Å². The standard InChI is InChI=1S/C15H17N3O3/c1-18-12(8-9-16-18)6-7-14(19)17-13-5-3-2-4-11(13)10-15(20)21/h2-5,8-9H,6-7,10H2,1H3,(H,17,19)(H,20,21). The minimum absolute atomic E-state index is 0.113. The number of nitrogens with zero attached hydrogens (tertiary/aromatic N) is 2. The summed E-state index contributed by atoms with van der Waals surface area (Å²) in [7, 11) is 1.83. The summed E-state index contributed by atoms with van der Waals surface area (Å²) in [6.45, 7) is 0. The van der Waals surface area contributed by atoms with Crippen molar-refractivity contribution in [2.45, 2.75) is 19.3 Å². The van der Waals surface area contributed by atoms with Crippen molar-refractivity contribution in [3.63, 3.8) is 0 Å². The fourth-order valence-corrected chi connectivity index (χ4v) is 2.06. The fourth-order valence-electron chi connectivity index (χ4n) is 2.06. The van der Waals surface area contributed by atoms with E-state index in [-0.39, 0.29) is 12.3 Å². The van der Waals surface area contributed by atoms with Gasteiger partial charge in [0.1, 0.15) is 0 Å². The lowest BCUT2D eigenvalue weighted by Gasteiger charge is -2.09. The van der Waals surface area contributed by atoms with Crippen LogP contribution in [0.2, 0.25) is 0 Å². The van der Waals surface area contributed by atoms with E-state index in [1.165, 1.54) is 0 Å². The van der Waals surface area contributed by atoms with Crippen molar-refractivity contribution < 1.29 is 14.7 Å². The number of aromatic nitrogens is 2. The predicted octanol–water partition coefficient (Wildman–Crippen LogP) is 1.62. The number of hydrogen-bond donors (Lipinski definition) is 2. The first kappa shape index (κ1) is 14.8. The SMILES string of the molecule is Cn1nccc1CCC(=O)Nc1ccccc1CC(=O)O. The number of carbonyl (C=O) groups is 2. The van der Waals surface area contributed by atoms with E-state index in [9.17, 15) is 9.59 Å². The average molecular weight is 287 g/mol. The van der Waals surface area contributed by atoms with Gasteiger partial charge in [0.25, 0.3) is 0 Å². The number of carboxylic acids is 1. The van der Waals surface area contributed by atoms with E-state index in [1.807, 2.05) is 13.1 Å². The molecule has 6 nitrogen and oxygen atoms in total. The zero-order valence-corrected chi connectivity index (χ0v) is 11.7. The number of anilines is 1.